The number of carbonyl (C=O) groups is 2. The van der Waals surface area contributed by atoms with Gasteiger partial charge in [0.1, 0.15) is 9.88 Å². The van der Waals surface area contributed by atoms with Crippen molar-refractivity contribution in [1.29, 1.82) is 0 Å². The molecule has 3 N–H and O–H groups in total. The van der Waals surface area contributed by atoms with Crippen molar-refractivity contribution in [2.45, 2.75) is 12.7 Å². The summed E-state index contributed by atoms with van der Waals surface area (Å²) in [6, 6.07) is 7.61. The van der Waals surface area contributed by atoms with Crippen molar-refractivity contribution in [3.05, 3.63) is 64.0 Å². The SMILES string of the molecule is O=C(NCc1cccc(C(F)(F)F)c1)NNC(=O)c1cnc(-c2cccs2)s1. The predicted molar refractivity (Wildman–Crippen MR) is 99.7 cm³/mol. The minimum atomic E-state index is -4.46. The number of carbonyl (C=O) groups excluding carboxylic acids is 2. The Labute approximate surface area is 165 Å². The zero-order chi connectivity index (χ0) is 20.1. The molecule has 11 heteroatoms. The van der Waals surface area contributed by atoms with Gasteiger partial charge in [-0.15, -0.1) is 22.7 Å². The van der Waals surface area contributed by atoms with Crippen LogP contribution in [0.15, 0.2) is 48.0 Å². The second-order valence-electron chi connectivity index (χ2n) is 5.47. The van der Waals surface area contributed by atoms with Crippen LogP contribution in [-0.2, 0) is 12.7 Å². The van der Waals surface area contributed by atoms with Crippen molar-refractivity contribution in [3.8, 4) is 9.88 Å². The monoisotopic (exact) mass is 426 g/mol. The lowest BCUT2D eigenvalue weighted by Gasteiger charge is -2.10. The second-order valence-corrected chi connectivity index (χ2v) is 7.45. The third-order valence-corrected chi connectivity index (χ3v) is 5.49. The molecule has 0 radical (unpaired) electrons. The molecule has 0 spiro atoms. The molecule has 0 saturated heterocycles. The number of benzene rings is 1. The lowest BCUT2D eigenvalue weighted by Crippen LogP contribution is -2.46. The minimum Gasteiger partial charge on any atom is -0.333 e. The highest BCUT2D eigenvalue weighted by Crippen LogP contribution is 2.30. The fourth-order valence-corrected chi connectivity index (χ4v) is 3.77. The molecule has 3 amide bonds. The topological polar surface area (TPSA) is 83.1 Å². The molecule has 6 nitrogen and oxygen atoms in total. The van der Waals surface area contributed by atoms with E-state index in [4.69, 9.17) is 0 Å². The van der Waals surface area contributed by atoms with Gasteiger partial charge in [-0.3, -0.25) is 10.2 Å². The number of hydrazine groups is 1. The van der Waals surface area contributed by atoms with Crippen LogP contribution in [0.1, 0.15) is 20.8 Å². The van der Waals surface area contributed by atoms with E-state index < -0.39 is 23.7 Å². The minimum absolute atomic E-state index is 0.130. The van der Waals surface area contributed by atoms with Crippen LogP contribution in [0, 0.1) is 0 Å². The van der Waals surface area contributed by atoms with Crippen molar-refractivity contribution in [3.63, 3.8) is 0 Å². The van der Waals surface area contributed by atoms with Crippen LogP contribution >= 0.6 is 22.7 Å². The normalized spacial score (nSPS) is 11.1. The summed E-state index contributed by atoms with van der Waals surface area (Å²) in [4.78, 5) is 29.2. The van der Waals surface area contributed by atoms with Gasteiger partial charge in [-0.05, 0) is 29.1 Å². The average Bonchev–Trinajstić information content (AvgIpc) is 3.35. The Morgan fingerprint density at radius 1 is 1.11 bits per heavy atom. The third-order valence-electron chi connectivity index (χ3n) is 3.46. The van der Waals surface area contributed by atoms with Crippen LogP contribution in [0.4, 0.5) is 18.0 Å². The van der Waals surface area contributed by atoms with Gasteiger partial charge < -0.3 is 5.32 Å². The molecular weight excluding hydrogens is 413 g/mol. The van der Waals surface area contributed by atoms with Gasteiger partial charge in [0.15, 0.2) is 0 Å². The van der Waals surface area contributed by atoms with E-state index in [1.807, 2.05) is 17.5 Å². The second kappa shape index (κ2) is 8.40. The summed E-state index contributed by atoms with van der Waals surface area (Å²) in [7, 11) is 0. The van der Waals surface area contributed by atoms with E-state index in [1.165, 1.54) is 41.0 Å². The number of amides is 3. The fraction of sp³-hybridized carbons (Fsp3) is 0.118. The molecule has 0 aliphatic heterocycles. The number of rotatable bonds is 4. The number of nitrogens with one attached hydrogen (secondary N) is 3. The van der Waals surface area contributed by atoms with Gasteiger partial charge in [-0.25, -0.2) is 15.2 Å². The summed E-state index contributed by atoms with van der Waals surface area (Å²) in [5.74, 6) is -0.547. The van der Waals surface area contributed by atoms with Gasteiger partial charge in [0.2, 0.25) is 0 Å². The molecule has 3 aromatic rings. The summed E-state index contributed by atoms with van der Waals surface area (Å²) in [6.45, 7) is -0.130. The summed E-state index contributed by atoms with van der Waals surface area (Å²) >= 11 is 2.67. The van der Waals surface area contributed by atoms with E-state index in [0.29, 0.717) is 9.88 Å². The number of halogens is 3. The Kier molecular flexibility index (Phi) is 5.95. The lowest BCUT2D eigenvalue weighted by molar-refractivity contribution is -0.137. The standard InChI is InChI=1S/C17H13F3N4O2S2/c18-17(19,20)11-4-1-3-10(7-11)8-22-16(26)24-23-14(25)13-9-21-15(28-13)12-5-2-6-27-12/h1-7,9H,8H2,(H,23,25)(H2,22,24,26). The molecule has 0 atom stereocenters. The molecule has 0 bridgehead atoms. The first-order valence-electron chi connectivity index (χ1n) is 7.83. The van der Waals surface area contributed by atoms with E-state index in [0.717, 1.165) is 17.0 Å². The van der Waals surface area contributed by atoms with E-state index in [9.17, 15) is 22.8 Å². The number of aromatic nitrogens is 1. The highest BCUT2D eigenvalue weighted by Gasteiger charge is 2.30. The molecule has 2 aromatic heterocycles. The molecule has 2 heterocycles. The Morgan fingerprint density at radius 2 is 1.93 bits per heavy atom. The lowest BCUT2D eigenvalue weighted by atomic mass is 10.1. The summed E-state index contributed by atoms with van der Waals surface area (Å²) in [5.41, 5.74) is 3.85. The largest absolute Gasteiger partial charge is 0.416 e. The summed E-state index contributed by atoms with van der Waals surface area (Å²) in [6.07, 6.45) is -3.06. The maximum atomic E-state index is 12.7. The molecule has 3 rings (SSSR count). The van der Waals surface area contributed by atoms with Crippen LogP contribution in [-0.4, -0.2) is 16.9 Å². The van der Waals surface area contributed by atoms with Crippen LogP contribution < -0.4 is 16.2 Å². The summed E-state index contributed by atoms with van der Waals surface area (Å²) < 4.78 is 38.0. The van der Waals surface area contributed by atoms with Crippen molar-refractivity contribution < 1.29 is 22.8 Å². The Hall–Kier alpha value is -2.92. The molecule has 0 aliphatic rings. The van der Waals surface area contributed by atoms with Crippen molar-refractivity contribution in [2.24, 2.45) is 0 Å². The smallest absolute Gasteiger partial charge is 0.333 e. The molecule has 0 aliphatic carbocycles. The fourth-order valence-electron chi connectivity index (χ4n) is 2.15. The first-order valence-corrected chi connectivity index (χ1v) is 9.52. The van der Waals surface area contributed by atoms with E-state index in [1.54, 1.807) is 0 Å². The third kappa shape index (κ3) is 5.08. The van der Waals surface area contributed by atoms with Gasteiger partial charge in [-0.2, -0.15) is 13.2 Å². The number of hydrogen-bond acceptors (Lipinski definition) is 5. The van der Waals surface area contributed by atoms with E-state index in [-0.39, 0.29) is 12.1 Å². The first kappa shape index (κ1) is 19.8. The number of alkyl halides is 3. The number of nitrogens with zero attached hydrogens (tertiary/aromatic N) is 1. The van der Waals surface area contributed by atoms with Crippen molar-refractivity contribution in [2.75, 3.05) is 0 Å². The van der Waals surface area contributed by atoms with Crippen molar-refractivity contribution >= 4 is 34.6 Å². The zero-order valence-electron chi connectivity index (χ0n) is 14.0. The molecular formula is C17H13F3N4O2S2. The molecule has 28 heavy (non-hydrogen) atoms. The molecule has 0 fully saturated rings. The zero-order valence-corrected chi connectivity index (χ0v) is 15.7. The number of thiophene rings is 1. The average molecular weight is 426 g/mol. The highest BCUT2D eigenvalue weighted by molar-refractivity contribution is 7.21. The number of hydrogen-bond donors (Lipinski definition) is 3. The maximum Gasteiger partial charge on any atom is 0.416 e. The molecule has 0 unspecified atom stereocenters. The molecule has 0 saturated carbocycles. The number of urea groups is 1. The first-order chi connectivity index (χ1) is 13.3. The maximum absolute atomic E-state index is 12.7. The predicted octanol–water partition coefficient (Wildman–Crippen LogP) is 4.03. The Morgan fingerprint density at radius 3 is 2.64 bits per heavy atom. The highest BCUT2D eigenvalue weighted by atomic mass is 32.1. The van der Waals surface area contributed by atoms with Gasteiger partial charge in [-0.1, -0.05) is 18.2 Å². The van der Waals surface area contributed by atoms with Crippen LogP contribution in [0.3, 0.4) is 0 Å². The molecule has 146 valence electrons. The molecule has 1 aromatic carbocycles. The Balaban J connectivity index is 1.49. The number of thiazole rings is 1. The quantitative estimate of drug-likeness (QED) is 0.551. The van der Waals surface area contributed by atoms with Crippen LogP contribution in [0.5, 0.6) is 0 Å². The van der Waals surface area contributed by atoms with Crippen LogP contribution in [0.25, 0.3) is 9.88 Å². The van der Waals surface area contributed by atoms with E-state index >= 15 is 0 Å². The van der Waals surface area contributed by atoms with Gasteiger partial charge >= 0.3 is 12.2 Å². The van der Waals surface area contributed by atoms with Crippen LogP contribution in [0.2, 0.25) is 0 Å². The van der Waals surface area contributed by atoms with Crippen molar-refractivity contribution in [1.82, 2.24) is 21.2 Å². The Bertz CT molecular complexity index is 971. The van der Waals surface area contributed by atoms with E-state index in [2.05, 4.69) is 21.2 Å². The van der Waals surface area contributed by atoms with Gasteiger partial charge in [0.25, 0.3) is 5.91 Å². The summed E-state index contributed by atoms with van der Waals surface area (Å²) in [5, 5.41) is 4.95. The van der Waals surface area contributed by atoms with Gasteiger partial charge in [0, 0.05) is 6.54 Å². The van der Waals surface area contributed by atoms with Gasteiger partial charge in [0.05, 0.1) is 16.6 Å².